The van der Waals surface area contributed by atoms with Crippen molar-refractivity contribution in [2.45, 2.75) is 26.5 Å². The summed E-state index contributed by atoms with van der Waals surface area (Å²) in [6.45, 7) is 3.47. The molecule has 1 atom stereocenters. The highest BCUT2D eigenvalue weighted by Crippen LogP contribution is 2.36. The van der Waals surface area contributed by atoms with Gasteiger partial charge in [0.1, 0.15) is 6.61 Å². The molecule has 3 amide bonds. The molecule has 0 unspecified atom stereocenters. The number of hydrogen-bond acceptors (Lipinski definition) is 8. The lowest BCUT2D eigenvalue weighted by atomic mass is 9.95. The molecular formula is C35H32BrClN4O7. The molecule has 248 valence electrons. The fraction of sp³-hybridized carbons (Fsp3) is 0.200. The molecule has 1 aliphatic heterocycles. The third-order valence-corrected chi connectivity index (χ3v) is 8.19. The third-order valence-electron chi connectivity index (χ3n) is 7.32. The number of halogens is 2. The number of methoxy groups -OCH3 is 1. The minimum absolute atomic E-state index is 0.179. The minimum Gasteiger partial charge on any atom is -0.493 e. The number of hydrazone groups is 1. The van der Waals surface area contributed by atoms with Gasteiger partial charge in [-0.2, -0.15) is 5.10 Å². The molecule has 0 bridgehead atoms. The second-order valence-electron chi connectivity index (χ2n) is 10.5. The maximum atomic E-state index is 12.6. The summed E-state index contributed by atoms with van der Waals surface area (Å²) in [5, 5.41) is 12.0. The summed E-state index contributed by atoms with van der Waals surface area (Å²) in [6.07, 6.45) is 1.45. The van der Waals surface area contributed by atoms with Crippen LogP contribution in [0.1, 0.15) is 36.6 Å². The highest BCUT2D eigenvalue weighted by atomic mass is 79.9. The van der Waals surface area contributed by atoms with Crippen LogP contribution in [0, 0.1) is 0 Å². The molecule has 0 aliphatic carbocycles. The molecule has 3 N–H and O–H groups in total. The summed E-state index contributed by atoms with van der Waals surface area (Å²) in [5.74, 6) is -0.0235. The maximum Gasteiger partial charge on any atom is 0.338 e. The van der Waals surface area contributed by atoms with E-state index in [2.05, 4.69) is 55.3 Å². The predicted molar refractivity (Wildman–Crippen MR) is 185 cm³/mol. The topological polar surface area (TPSA) is 137 Å². The number of ether oxygens (including phenoxy) is 4. The van der Waals surface area contributed by atoms with E-state index in [1.807, 2.05) is 24.3 Å². The smallest absolute Gasteiger partial charge is 0.338 e. The SMILES string of the molecule is CCOC(=O)C1=C(C)NC(=O)N[C@H]1c1ccc(OCC(=O)N/N=C\c2cc(Cl)c(OCc3cccc4ccccc34)c(Br)c2)c(OC)c1. The Kier molecular flexibility index (Phi) is 11.2. The lowest BCUT2D eigenvalue weighted by molar-refractivity contribution is -0.139. The summed E-state index contributed by atoms with van der Waals surface area (Å²) >= 11 is 10.1. The monoisotopic (exact) mass is 734 g/mol. The summed E-state index contributed by atoms with van der Waals surface area (Å²) in [7, 11) is 1.44. The molecule has 1 aliphatic rings. The van der Waals surface area contributed by atoms with Crippen LogP contribution in [0.15, 0.2) is 93.6 Å². The second kappa shape index (κ2) is 15.7. The number of hydrogen-bond donors (Lipinski definition) is 3. The van der Waals surface area contributed by atoms with Crippen molar-refractivity contribution in [1.82, 2.24) is 16.1 Å². The van der Waals surface area contributed by atoms with Crippen molar-refractivity contribution >= 4 is 62.4 Å². The number of nitrogens with zero attached hydrogens (tertiary/aromatic N) is 1. The van der Waals surface area contributed by atoms with Crippen LogP contribution >= 0.6 is 27.5 Å². The van der Waals surface area contributed by atoms with Crippen molar-refractivity contribution in [2.24, 2.45) is 5.10 Å². The molecule has 0 saturated carbocycles. The summed E-state index contributed by atoms with van der Waals surface area (Å²) in [6, 6.07) is 21.2. The van der Waals surface area contributed by atoms with Gasteiger partial charge in [0.25, 0.3) is 5.91 Å². The maximum absolute atomic E-state index is 12.6. The highest BCUT2D eigenvalue weighted by molar-refractivity contribution is 9.10. The van der Waals surface area contributed by atoms with Gasteiger partial charge in [0.05, 0.1) is 41.0 Å². The molecule has 4 aromatic carbocycles. The second-order valence-corrected chi connectivity index (χ2v) is 11.8. The van der Waals surface area contributed by atoms with Crippen LogP contribution < -0.4 is 30.3 Å². The van der Waals surface area contributed by atoms with Gasteiger partial charge in [-0.1, -0.05) is 60.1 Å². The van der Waals surface area contributed by atoms with E-state index in [0.29, 0.717) is 44.4 Å². The van der Waals surface area contributed by atoms with Gasteiger partial charge in [0, 0.05) is 5.70 Å². The predicted octanol–water partition coefficient (Wildman–Crippen LogP) is 6.56. The largest absolute Gasteiger partial charge is 0.493 e. The van der Waals surface area contributed by atoms with Gasteiger partial charge >= 0.3 is 12.0 Å². The van der Waals surface area contributed by atoms with Gasteiger partial charge in [-0.3, -0.25) is 4.79 Å². The van der Waals surface area contributed by atoms with Crippen molar-refractivity contribution in [3.8, 4) is 17.2 Å². The third kappa shape index (κ3) is 8.07. The molecule has 4 aromatic rings. The molecule has 0 fully saturated rings. The number of benzene rings is 4. The number of urea groups is 1. The van der Waals surface area contributed by atoms with Crippen molar-refractivity contribution in [2.75, 3.05) is 20.3 Å². The molecule has 0 saturated heterocycles. The lowest BCUT2D eigenvalue weighted by Crippen LogP contribution is -2.45. The average molecular weight is 736 g/mol. The zero-order chi connectivity index (χ0) is 34.2. The van der Waals surface area contributed by atoms with Crippen molar-refractivity contribution in [1.29, 1.82) is 0 Å². The van der Waals surface area contributed by atoms with E-state index in [0.717, 1.165) is 16.3 Å². The van der Waals surface area contributed by atoms with Crippen molar-refractivity contribution in [3.05, 3.63) is 110 Å². The van der Waals surface area contributed by atoms with Crippen LogP contribution in [-0.2, 0) is 20.9 Å². The number of allylic oxidation sites excluding steroid dienone is 1. The first-order valence-corrected chi connectivity index (χ1v) is 16.0. The Morgan fingerprint density at radius 2 is 1.83 bits per heavy atom. The van der Waals surface area contributed by atoms with Gasteiger partial charge in [0.15, 0.2) is 23.9 Å². The Morgan fingerprint density at radius 1 is 1.04 bits per heavy atom. The van der Waals surface area contributed by atoms with E-state index >= 15 is 0 Å². The number of esters is 1. The molecule has 0 aromatic heterocycles. The Balaban J connectivity index is 1.18. The normalized spacial score (nSPS) is 14.4. The zero-order valence-electron chi connectivity index (χ0n) is 26.3. The highest BCUT2D eigenvalue weighted by Gasteiger charge is 2.32. The molecule has 48 heavy (non-hydrogen) atoms. The van der Waals surface area contributed by atoms with Crippen molar-refractivity contribution in [3.63, 3.8) is 0 Å². The quantitative estimate of drug-likeness (QED) is 0.0852. The Labute approximate surface area is 290 Å². The van der Waals surface area contributed by atoms with Crippen molar-refractivity contribution < 1.29 is 33.3 Å². The van der Waals surface area contributed by atoms with E-state index < -0.39 is 23.9 Å². The molecule has 1 heterocycles. The fourth-order valence-corrected chi connectivity index (χ4v) is 6.11. The van der Waals surface area contributed by atoms with E-state index in [1.165, 1.54) is 13.3 Å². The van der Waals surface area contributed by atoms with Crippen LogP contribution in [0.5, 0.6) is 17.2 Å². The van der Waals surface area contributed by atoms with Gasteiger partial charge in [-0.05, 0) is 81.5 Å². The standard InChI is InChI=1S/C35H32BrClN4O7/c1-4-46-34(43)31-20(2)39-35(44)40-32(31)23-12-13-28(29(16-23)45-3)47-19-30(42)41-38-17-21-14-26(36)33(27(37)15-21)48-18-24-10-7-9-22-8-5-6-11-25(22)24/h5-17,32H,4,18-19H2,1-3H3,(H,41,42)(H2,39,40,44)/b38-17-/t32-/m0/s1. The van der Waals surface area contributed by atoms with E-state index in [-0.39, 0.29) is 24.5 Å². The zero-order valence-corrected chi connectivity index (χ0v) is 28.6. The number of carbonyl (C=O) groups is 3. The molecule has 5 rings (SSSR count). The average Bonchev–Trinajstić information content (AvgIpc) is 3.06. The van der Waals surface area contributed by atoms with Crippen LogP contribution in [0.2, 0.25) is 5.02 Å². The summed E-state index contributed by atoms with van der Waals surface area (Å²) < 4.78 is 23.0. The van der Waals surface area contributed by atoms with Crippen LogP contribution in [-0.4, -0.2) is 44.4 Å². The number of fused-ring (bicyclic) bond motifs is 1. The number of rotatable bonds is 12. The molecule has 0 radical (unpaired) electrons. The first-order valence-electron chi connectivity index (χ1n) is 14.8. The molecule has 0 spiro atoms. The van der Waals surface area contributed by atoms with Gasteiger partial charge in [0.2, 0.25) is 0 Å². The Morgan fingerprint density at radius 3 is 2.60 bits per heavy atom. The number of carbonyl (C=O) groups excluding carboxylic acids is 3. The summed E-state index contributed by atoms with van der Waals surface area (Å²) in [4.78, 5) is 37.3. The van der Waals surface area contributed by atoms with Crippen LogP contribution in [0.25, 0.3) is 10.8 Å². The minimum atomic E-state index is -0.781. The number of nitrogens with one attached hydrogen (secondary N) is 3. The van der Waals surface area contributed by atoms with Crippen LogP contribution in [0.3, 0.4) is 0 Å². The number of amides is 3. The van der Waals surface area contributed by atoms with Gasteiger partial charge in [-0.25, -0.2) is 15.0 Å². The first kappa shape index (κ1) is 34.3. The van der Waals surface area contributed by atoms with E-state index in [4.69, 9.17) is 30.5 Å². The van der Waals surface area contributed by atoms with Crippen LogP contribution in [0.4, 0.5) is 4.79 Å². The molecular weight excluding hydrogens is 704 g/mol. The van der Waals surface area contributed by atoms with E-state index in [9.17, 15) is 14.4 Å². The Bertz CT molecular complexity index is 1900. The lowest BCUT2D eigenvalue weighted by Gasteiger charge is -2.28. The Hall–Kier alpha value is -5.07. The van der Waals surface area contributed by atoms with Gasteiger partial charge in [-0.15, -0.1) is 0 Å². The molecule has 13 heteroatoms. The van der Waals surface area contributed by atoms with Gasteiger partial charge < -0.3 is 29.6 Å². The summed E-state index contributed by atoms with van der Waals surface area (Å²) in [5.41, 5.74) is 5.28. The fourth-order valence-electron chi connectivity index (χ4n) is 5.12. The first-order chi connectivity index (χ1) is 23.2. The molecule has 11 nitrogen and oxygen atoms in total. The van der Waals surface area contributed by atoms with E-state index in [1.54, 1.807) is 44.2 Å².